The van der Waals surface area contributed by atoms with Gasteiger partial charge in [-0.3, -0.25) is 9.59 Å². The van der Waals surface area contributed by atoms with Crippen LogP contribution in [-0.4, -0.2) is 42.9 Å². The van der Waals surface area contributed by atoms with E-state index >= 15 is 0 Å². The van der Waals surface area contributed by atoms with Crippen LogP contribution in [-0.2, 0) is 19.6 Å². The molecule has 7 nitrogen and oxygen atoms in total. The van der Waals surface area contributed by atoms with Gasteiger partial charge in [0.2, 0.25) is 15.9 Å². The maximum Gasteiger partial charge on any atom is 0.322 e. The van der Waals surface area contributed by atoms with Crippen LogP contribution >= 0.6 is 11.8 Å². The molecule has 0 aliphatic rings. The van der Waals surface area contributed by atoms with E-state index in [0.717, 1.165) is 25.7 Å². The van der Waals surface area contributed by atoms with Crippen LogP contribution in [0.5, 0.6) is 0 Å². The molecule has 0 unspecified atom stereocenters. The number of benzene rings is 1. The Hall–Kier alpha value is -2.36. The third-order valence-electron chi connectivity index (χ3n) is 5.04. The van der Waals surface area contributed by atoms with E-state index in [2.05, 4.69) is 56.0 Å². The summed E-state index contributed by atoms with van der Waals surface area (Å²) >= 11 is 1.36. The number of carboxylic acids is 1. The van der Waals surface area contributed by atoms with Gasteiger partial charge in [0, 0.05) is 24.1 Å². The van der Waals surface area contributed by atoms with Gasteiger partial charge in [0.15, 0.2) is 0 Å². The summed E-state index contributed by atoms with van der Waals surface area (Å²) in [5.74, 6) is -0.796. The zero-order valence-corrected chi connectivity index (χ0v) is 22.9. The number of carboxylic acid groups (broad SMARTS) is 1. The van der Waals surface area contributed by atoms with Gasteiger partial charge in [-0.25, -0.2) is 8.42 Å². The highest BCUT2D eigenvalue weighted by Crippen LogP contribution is 2.16. The summed E-state index contributed by atoms with van der Waals surface area (Å²) in [6.45, 7) is 9.76. The first kappa shape index (κ1) is 30.7. The molecule has 0 heterocycles. The number of anilines is 1. The molecule has 1 atom stereocenters. The number of rotatable bonds is 15. The first-order chi connectivity index (χ1) is 16.4. The molecule has 0 spiro atoms. The molecule has 0 fully saturated rings. The van der Waals surface area contributed by atoms with Crippen molar-refractivity contribution < 1.29 is 23.1 Å². The Morgan fingerprint density at radius 3 is 2.06 bits per heavy atom. The van der Waals surface area contributed by atoms with Crippen molar-refractivity contribution >= 4 is 39.3 Å². The first-order valence-corrected chi connectivity index (χ1v) is 14.2. The lowest BCUT2D eigenvalue weighted by atomic mass is 10.1. The number of allylic oxidation sites excluding steroid dienone is 5. The molecule has 0 saturated carbocycles. The predicted octanol–water partition coefficient (Wildman–Crippen LogP) is 5.53. The van der Waals surface area contributed by atoms with Gasteiger partial charge < -0.3 is 10.4 Å². The Kier molecular flexibility index (Phi) is 13.7. The molecule has 0 aliphatic carbocycles. The van der Waals surface area contributed by atoms with E-state index in [-0.39, 0.29) is 16.6 Å². The minimum atomic E-state index is -4.02. The van der Waals surface area contributed by atoms with E-state index < -0.39 is 22.0 Å². The van der Waals surface area contributed by atoms with Crippen LogP contribution in [0.25, 0.3) is 0 Å². The van der Waals surface area contributed by atoms with Gasteiger partial charge in [-0.1, -0.05) is 34.9 Å². The van der Waals surface area contributed by atoms with Crippen LogP contribution < -0.4 is 10.0 Å². The van der Waals surface area contributed by atoms with Crippen molar-refractivity contribution in [3.05, 3.63) is 59.2 Å². The average molecular weight is 523 g/mol. The van der Waals surface area contributed by atoms with Crippen LogP contribution in [0.2, 0.25) is 0 Å². The fraction of sp³-hybridized carbons (Fsp3) is 0.462. The van der Waals surface area contributed by atoms with Crippen molar-refractivity contribution in [2.45, 2.75) is 71.2 Å². The highest BCUT2D eigenvalue weighted by atomic mass is 32.2. The quantitative estimate of drug-likeness (QED) is 0.206. The maximum absolute atomic E-state index is 12.6. The molecule has 1 amide bonds. The summed E-state index contributed by atoms with van der Waals surface area (Å²) in [4.78, 5) is 22.6. The van der Waals surface area contributed by atoms with Crippen LogP contribution in [0.1, 0.15) is 60.3 Å². The van der Waals surface area contributed by atoms with E-state index in [1.807, 2.05) is 0 Å². The highest BCUT2D eigenvalue weighted by molar-refractivity contribution is 7.99. The molecule has 3 N–H and O–H groups in total. The van der Waals surface area contributed by atoms with E-state index in [1.54, 1.807) is 0 Å². The van der Waals surface area contributed by atoms with Crippen LogP contribution in [0, 0.1) is 0 Å². The normalized spacial score (nSPS) is 13.3. The zero-order chi connectivity index (χ0) is 26.4. The van der Waals surface area contributed by atoms with Crippen molar-refractivity contribution in [1.29, 1.82) is 0 Å². The largest absolute Gasteiger partial charge is 0.480 e. The smallest absolute Gasteiger partial charge is 0.322 e. The SMILES string of the molecule is CC(=O)Nc1ccc(S(=O)(=O)N[C@@H](CSC/C=C(\C)CC/C=C(\C)CCC=C(C)C)C(=O)O)cc1. The molecule has 0 saturated heterocycles. The lowest BCUT2D eigenvalue weighted by Gasteiger charge is -2.14. The fourth-order valence-corrected chi connectivity index (χ4v) is 5.35. The molecule has 0 aromatic heterocycles. The molecule has 1 aromatic rings. The van der Waals surface area contributed by atoms with Crippen molar-refractivity contribution in [3.8, 4) is 0 Å². The third kappa shape index (κ3) is 13.3. The minimum Gasteiger partial charge on any atom is -0.480 e. The summed E-state index contributed by atoms with van der Waals surface area (Å²) in [6, 6.07) is 4.30. The minimum absolute atomic E-state index is 0.0669. The number of hydrogen-bond donors (Lipinski definition) is 3. The number of sulfonamides is 1. The van der Waals surface area contributed by atoms with E-state index in [9.17, 15) is 23.1 Å². The Morgan fingerprint density at radius 1 is 0.943 bits per heavy atom. The third-order valence-corrected chi connectivity index (χ3v) is 7.50. The Bertz CT molecular complexity index is 1040. The first-order valence-electron chi connectivity index (χ1n) is 11.6. The topological polar surface area (TPSA) is 113 Å². The number of amides is 1. The van der Waals surface area contributed by atoms with Gasteiger partial charge in [0.25, 0.3) is 0 Å². The number of thioether (sulfide) groups is 1. The van der Waals surface area contributed by atoms with E-state index in [4.69, 9.17) is 0 Å². The monoisotopic (exact) mass is 522 g/mol. The summed E-state index contributed by atoms with van der Waals surface area (Å²) in [7, 11) is -4.02. The molecule has 0 bridgehead atoms. The molecular formula is C26H38N2O5S2. The molecular weight excluding hydrogens is 484 g/mol. The highest BCUT2D eigenvalue weighted by Gasteiger charge is 2.25. The molecule has 9 heteroatoms. The van der Waals surface area contributed by atoms with Crippen LogP contribution in [0.15, 0.2) is 64.1 Å². The van der Waals surface area contributed by atoms with Crippen LogP contribution in [0.4, 0.5) is 5.69 Å². The number of carbonyl (C=O) groups is 2. The number of carbonyl (C=O) groups excluding carboxylic acids is 1. The van der Waals surface area contributed by atoms with Gasteiger partial charge in [-0.15, -0.1) is 0 Å². The van der Waals surface area contributed by atoms with E-state index in [0.29, 0.717) is 11.4 Å². The van der Waals surface area contributed by atoms with Gasteiger partial charge in [-0.05, 0) is 77.6 Å². The number of hydrogen-bond acceptors (Lipinski definition) is 5. The zero-order valence-electron chi connectivity index (χ0n) is 21.3. The van der Waals surface area contributed by atoms with Crippen molar-refractivity contribution in [1.82, 2.24) is 4.72 Å². The summed E-state index contributed by atoms with van der Waals surface area (Å²) < 4.78 is 27.5. The lowest BCUT2D eigenvalue weighted by Crippen LogP contribution is -2.42. The molecule has 0 radical (unpaired) electrons. The predicted molar refractivity (Wildman–Crippen MR) is 145 cm³/mol. The summed E-state index contributed by atoms with van der Waals surface area (Å²) in [5.41, 5.74) is 4.39. The number of aliphatic carboxylic acids is 1. The second-order valence-corrected chi connectivity index (χ2v) is 11.5. The van der Waals surface area contributed by atoms with E-state index in [1.165, 1.54) is 59.7 Å². The van der Waals surface area contributed by atoms with Crippen molar-refractivity contribution in [2.75, 3.05) is 16.8 Å². The fourth-order valence-electron chi connectivity index (χ4n) is 3.06. The van der Waals surface area contributed by atoms with Crippen molar-refractivity contribution in [2.24, 2.45) is 0 Å². The molecule has 1 aromatic carbocycles. The van der Waals surface area contributed by atoms with Gasteiger partial charge in [-0.2, -0.15) is 16.5 Å². The number of nitrogens with one attached hydrogen (secondary N) is 2. The van der Waals surface area contributed by atoms with Crippen molar-refractivity contribution in [3.63, 3.8) is 0 Å². The van der Waals surface area contributed by atoms with Gasteiger partial charge >= 0.3 is 5.97 Å². The lowest BCUT2D eigenvalue weighted by molar-refractivity contribution is -0.138. The Labute approximate surface area is 214 Å². The Balaban J connectivity index is 2.54. The second-order valence-electron chi connectivity index (χ2n) is 8.71. The molecule has 194 valence electrons. The standard InChI is InChI=1S/C26H38N2O5S2/c1-19(2)8-6-9-20(3)10-7-11-21(4)16-17-34-18-25(26(30)31)28-35(32,33)24-14-12-23(13-15-24)27-22(5)29/h8,10,12-16,25,28H,6-7,9,11,17-18H2,1-5H3,(H,27,29)(H,30,31)/b20-10+,21-16+/t25-/m0/s1. The summed E-state index contributed by atoms with van der Waals surface area (Å²) in [6.07, 6.45) is 10.6. The molecule has 35 heavy (non-hydrogen) atoms. The maximum atomic E-state index is 12.6. The molecule has 1 rings (SSSR count). The second kappa shape index (κ2) is 15.6. The molecule has 0 aliphatic heterocycles. The van der Waals surface area contributed by atoms with Gasteiger partial charge in [0.1, 0.15) is 6.04 Å². The average Bonchev–Trinajstić information content (AvgIpc) is 2.75. The Morgan fingerprint density at radius 2 is 1.51 bits per heavy atom. The van der Waals surface area contributed by atoms with Crippen LogP contribution in [0.3, 0.4) is 0 Å². The van der Waals surface area contributed by atoms with Gasteiger partial charge in [0.05, 0.1) is 4.90 Å². The summed E-state index contributed by atoms with van der Waals surface area (Å²) in [5, 5.41) is 12.0.